The minimum atomic E-state index is -0.912. The molecule has 1 aliphatic rings. The summed E-state index contributed by atoms with van der Waals surface area (Å²) in [5.74, 6) is -0.912. The average molecular weight is 425 g/mol. The fourth-order valence-corrected chi connectivity index (χ4v) is 4.13. The standard InChI is InChI=1S/C26H48O4/c1-2-3-4-5-6-7-8-9-10-11-12-13-14-15-16-19-24(21-22-25(27)28)30-26-20-17-18-23-29-26/h21-22,24,26H,2-20,23H2,1H3,(H,27,28)/t24-,26?/m1/s1. The molecule has 176 valence electrons. The van der Waals surface area contributed by atoms with Gasteiger partial charge >= 0.3 is 5.97 Å². The Bertz CT molecular complexity index is 415. The summed E-state index contributed by atoms with van der Waals surface area (Å²) >= 11 is 0. The van der Waals surface area contributed by atoms with Gasteiger partial charge in [0.2, 0.25) is 0 Å². The van der Waals surface area contributed by atoms with Crippen LogP contribution in [0.2, 0.25) is 0 Å². The molecule has 1 heterocycles. The first-order valence-corrected chi connectivity index (χ1v) is 12.9. The van der Waals surface area contributed by atoms with Gasteiger partial charge in [-0.1, -0.05) is 103 Å². The largest absolute Gasteiger partial charge is 0.478 e. The van der Waals surface area contributed by atoms with Crippen LogP contribution < -0.4 is 0 Å². The lowest BCUT2D eigenvalue weighted by molar-refractivity contribution is -0.179. The summed E-state index contributed by atoms with van der Waals surface area (Å²) in [6.45, 7) is 3.03. The number of unbranched alkanes of at least 4 members (excludes halogenated alkanes) is 14. The summed E-state index contributed by atoms with van der Waals surface area (Å²) in [4.78, 5) is 10.8. The number of aliphatic carboxylic acids is 1. The van der Waals surface area contributed by atoms with Gasteiger partial charge in [0.1, 0.15) is 0 Å². The van der Waals surface area contributed by atoms with Crippen LogP contribution in [0, 0.1) is 0 Å². The second kappa shape index (κ2) is 20.1. The van der Waals surface area contributed by atoms with Crippen molar-refractivity contribution in [1.29, 1.82) is 0 Å². The molecule has 0 radical (unpaired) electrons. The van der Waals surface area contributed by atoms with Crippen LogP contribution in [0.3, 0.4) is 0 Å². The highest BCUT2D eigenvalue weighted by Gasteiger charge is 2.18. The zero-order valence-corrected chi connectivity index (χ0v) is 19.6. The van der Waals surface area contributed by atoms with Gasteiger partial charge in [0, 0.05) is 12.7 Å². The van der Waals surface area contributed by atoms with Crippen LogP contribution in [0.25, 0.3) is 0 Å². The Morgan fingerprint density at radius 3 is 1.90 bits per heavy atom. The van der Waals surface area contributed by atoms with E-state index in [0.717, 1.165) is 38.7 Å². The van der Waals surface area contributed by atoms with Crippen molar-refractivity contribution in [2.24, 2.45) is 0 Å². The van der Waals surface area contributed by atoms with Crippen LogP contribution in [0.15, 0.2) is 12.2 Å². The molecule has 2 atom stereocenters. The average Bonchev–Trinajstić information content (AvgIpc) is 2.75. The maximum Gasteiger partial charge on any atom is 0.328 e. The second-order valence-electron chi connectivity index (χ2n) is 8.91. The predicted molar refractivity (Wildman–Crippen MR) is 125 cm³/mol. The highest BCUT2D eigenvalue weighted by atomic mass is 16.7. The molecule has 0 amide bonds. The monoisotopic (exact) mass is 424 g/mol. The lowest BCUT2D eigenvalue weighted by Crippen LogP contribution is -2.27. The molecule has 4 nitrogen and oxygen atoms in total. The summed E-state index contributed by atoms with van der Waals surface area (Å²) in [6, 6.07) is 0. The van der Waals surface area contributed by atoms with Crippen LogP contribution in [-0.2, 0) is 14.3 Å². The maximum atomic E-state index is 10.8. The third kappa shape index (κ3) is 16.9. The third-order valence-corrected chi connectivity index (χ3v) is 6.01. The minimum absolute atomic E-state index is 0.147. The quantitative estimate of drug-likeness (QED) is 0.160. The Hall–Kier alpha value is -0.870. The molecule has 0 aromatic rings. The predicted octanol–water partition coefficient (Wildman–Crippen LogP) is 7.80. The summed E-state index contributed by atoms with van der Waals surface area (Å²) in [5.41, 5.74) is 0. The van der Waals surface area contributed by atoms with E-state index in [1.54, 1.807) is 6.08 Å². The molecular weight excluding hydrogens is 376 g/mol. The van der Waals surface area contributed by atoms with Crippen molar-refractivity contribution in [3.05, 3.63) is 12.2 Å². The fraction of sp³-hybridized carbons (Fsp3) is 0.885. The molecule has 0 aromatic heterocycles. The molecule has 0 spiro atoms. The molecule has 1 fully saturated rings. The van der Waals surface area contributed by atoms with Gasteiger partial charge in [0.25, 0.3) is 0 Å². The van der Waals surface area contributed by atoms with Crippen molar-refractivity contribution in [1.82, 2.24) is 0 Å². The van der Waals surface area contributed by atoms with E-state index in [4.69, 9.17) is 14.6 Å². The number of carboxylic acids is 1. The number of rotatable bonds is 20. The Morgan fingerprint density at radius 1 is 0.900 bits per heavy atom. The summed E-state index contributed by atoms with van der Waals surface area (Å²) in [6.07, 6.45) is 26.9. The van der Waals surface area contributed by atoms with E-state index in [1.807, 2.05) is 0 Å². The summed E-state index contributed by atoms with van der Waals surface area (Å²) in [5, 5.41) is 8.90. The Labute approximate surface area is 185 Å². The Balaban J connectivity index is 1.96. The zero-order chi connectivity index (χ0) is 21.7. The van der Waals surface area contributed by atoms with E-state index in [2.05, 4.69) is 6.92 Å². The van der Waals surface area contributed by atoms with Gasteiger partial charge in [0.05, 0.1) is 6.10 Å². The van der Waals surface area contributed by atoms with Crippen molar-refractivity contribution < 1.29 is 19.4 Å². The van der Waals surface area contributed by atoms with Crippen LogP contribution in [-0.4, -0.2) is 30.1 Å². The molecule has 30 heavy (non-hydrogen) atoms. The number of carboxylic acid groups (broad SMARTS) is 1. The van der Waals surface area contributed by atoms with Gasteiger partial charge in [-0.25, -0.2) is 4.79 Å². The first-order valence-electron chi connectivity index (χ1n) is 12.9. The Kier molecular flexibility index (Phi) is 18.2. The van der Waals surface area contributed by atoms with E-state index >= 15 is 0 Å². The third-order valence-electron chi connectivity index (χ3n) is 6.01. The van der Waals surface area contributed by atoms with Crippen LogP contribution in [0.5, 0.6) is 0 Å². The molecule has 0 saturated carbocycles. The molecular formula is C26H48O4. The maximum absolute atomic E-state index is 10.8. The van der Waals surface area contributed by atoms with E-state index in [1.165, 1.54) is 96.0 Å². The van der Waals surface area contributed by atoms with Crippen LogP contribution >= 0.6 is 0 Å². The van der Waals surface area contributed by atoms with E-state index in [0.29, 0.717) is 0 Å². The first-order chi connectivity index (χ1) is 14.7. The molecule has 1 unspecified atom stereocenters. The van der Waals surface area contributed by atoms with E-state index in [-0.39, 0.29) is 12.4 Å². The van der Waals surface area contributed by atoms with Gasteiger partial charge < -0.3 is 14.6 Å². The van der Waals surface area contributed by atoms with Crippen LogP contribution in [0.1, 0.15) is 129 Å². The van der Waals surface area contributed by atoms with Gasteiger partial charge in [-0.15, -0.1) is 0 Å². The molecule has 1 saturated heterocycles. The van der Waals surface area contributed by atoms with Crippen molar-refractivity contribution in [2.75, 3.05) is 6.61 Å². The van der Waals surface area contributed by atoms with Crippen molar-refractivity contribution >= 4 is 5.97 Å². The lowest BCUT2D eigenvalue weighted by Gasteiger charge is -2.26. The normalized spacial score (nSPS) is 18.1. The first kappa shape index (κ1) is 27.2. The molecule has 1 rings (SSSR count). The Morgan fingerprint density at radius 2 is 1.43 bits per heavy atom. The van der Waals surface area contributed by atoms with Gasteiger partial charge in [-0.05, 0) is 31.8 Å². The summed E-state index contributed by atoms with van der Waals surface area (Å²) in [7, 11) is 0. The molecule has 4 heteroatoms. The molecule has 1 aliphatic heterocycles. The second-order valence-corrected chi connectivity index (χ2v) is 8.91. The van der Waals surface area contributed by atoms with Gasteiger partial charge in [-0.3, -0.25) is 0 Å². The van der Waals surface area contributed by atoms with E-state index < -0.39 is 5.97 Å². The number of hydrogen-bond acceptors (Lipinski definition) is 3. The van der Waals surface area contributed by atoms with Gasteiger partial charge in [0.15, 0.2) is 6.29 Å². The fourth-order valence-electron chi connectivity index (χ4n) is 4.13. The molecule has 0 aromatic carbocycles. The number of hydrogen-bond donors (Lipinski definition) is 1. The molecule has 0 bridgehead atoms. The molecule has 0 aliphatic carbocycles. The van der Waals surface area contributed by atoms with Crippen molar-refractivity contribution in [3.63, 3.8) is 0 Å². The molecule has 1 N–H and O–H groups in total. The zero-order valence-electron chi connectivity index (χ0n) is 19.6. The van der Waals surface area contributed by atoms with Crippen molar-refractivity contribution in [3.8, 4) is 0 Å². The smallest absolute Gasteiger partial charge is 0.328 e. The minimum Gasteiger partial charge on any atom is -0.478 e. The SMILES string of the molecule is CCCCCCCCCCCCCCCCC[C@H](C=CC(=O)O)OC1CCCCO1. The highest BCUT2D eigenvalue weighted by molar-refractivity contribution is 5.79. The number of ether oxygens (including phenoxy) is 2. The topological polar surface area (TPSA) is 55.8 Å². The van der Waals surface area contributed by atoms with Crippen molar-refractivity contribution in [2.45, 2.75) is 141 Å². The lowest BCUT2D eigenvalue weighted by atomic mass is 10.0. The number of carbonyl (C=O) groups is 1. The van der Waals surface area contributed by atoms with Crippen LogP contribution in [0.4, 0.5) is 0 Å². The summed E-state index contributed by atoms with van der Waals surface area (Å²) < 4.78 is 11.6. The van der Waals surface area contributed by atoms with E-state index in [9.17, 15) is 4.79 Å². The highest BCUT2D eigenvalue weighted by Crippen LogP contribution is 2.19. The van der Waals surface area contributed by atoms with Gasteiger partial charge in [-0.2, -0.15) is 0 Å².